The van der Waals surface area contributed by atoms with Gasteiger partial charge in [-0.25, -0.2) is 4.57 Å². The van der Waals surface area contributed by atoms with Crippen LogP contribution < -0.4 is 5.32 Å². The molecule has 1 unspecified atom stereocenters. The van der Waals surface area contributed by atoms with E-state index in [1.165, 1.54) is 0 Å². The molecule has 0 fully saturated rings. The molecule has 0 saturated carbocycles. The quantitative estimate of drug-likeness (QED) is 0.173. The zero-order chi connectivity index (χ0) is 15.1. The third-order valence-electron chi connectivity index (χ3n) is 2.15. The summed E-state index contributed by atoms with van der Waals surface area (Å²) in [5, 5.41) is 2.53. The largest absolute Gasteiger partial charge is 0.469 e. The fourth-order valence-corrected chi connectivity index (χ4v) is 1.42. The highest BCUT2D eigenvalue weighted by Gasteiger charge is 2.28. The maximum atomic E-state index is 10.9. The Morgan fingerprint density at radius 1 is 1.47 bits per heavy atom. The van der Waals surface area contributed by atoms with Crippen molar-refractivity contribution in [3.8, 4) is 0 Å². The summed E-state index contributed by atoms with van der Waals surface area (Å²) in [5.41, 5.74) is 0. The Labute approximate surface area is 112 Å². The van der Waals surface area contributed by atoms with Gasteiger partial charge in [-0.15, -0.1) is 0 Å². The van der Waals surface area contributed by atoms with Crippen molar-refractivity contribution in [3.05, 3.63) is 12.7 Å². The van der Waals surface area contributed by atoms with Crippen LogP contribution in [-0.4, -0.2) is 67.3 Å². The van der Waals surface area contributed by atoms with E-state index in [2.05, 4.69) is 16.4 Å². The van der Waals surface area contributed by atoms with Crippen LogP contribution in [0.2, 0.25) is 0 Å². The van der Waals surface area contributed by atoms with Crippen LogP contribution in [0.4, 0.5) is 0 Å². The Morgan fingerprint density at radius 2 is 2.05 bits per heavy atom. The Balaban J connectivity index is 4.19. The highest BCUT2D eigenvalue weighted by atomic mass is 31.2. The summed E-state index contributed by atoms with van der Waals surface area (Å²) in [6, 6.07) is 0. The van der Waals surface area contributed by atoms with Gasteiger partial charge in [-0.2, -0.15) is 0 Å². The fourth-order valence-electron chi connectivity index (χ4n) is 1.10. The monoisotopic (exact) mass is 297 g/mol. The first-order valence-electron chi connectivity index (χ1n) is 5.59. The lowest BCUT2D eigenvalue weighted by molar-refractivity contribution is -0.919. The summed E-state index contributed by atoms with van der Waals surface area (Å²) < 4.78 is 20.9. The van der Waals surface area contributed by atoms with Crippen molar-refractivity contribution in [1.82, 2.24) is 5.32 Å². The van der Waals surface area contributed by atoms with E-state index in [-0.39, 0.29) is 25.7 Å². The molecule has 0 aromatic heterocycles. The van der Waals surface area contributed by atoms with Gasteiger partial charge in [0.2, 0.25) is 12.1 Å². The molecular formula is C10H22N2O6P+. The molecule has 0 saturated heterocycles. The van der Waals surface area contributed by atoms with E-state index < -0.39 is 14.1 Å². The van der Waals surface area contributed by atoms with Gasteiger partial charge in [0.25, 0.3) is 0 Å². The number of likely N-dealkylation sites (N-methyl/N-ethyl adjacent to an activating group) is 1. The highest BCUT2D eigenvalue weighted by molar-refractivity contribution is 7.46. The predicted octanol–water partition coefficient (Wildman–Crippen LogP) is -0.553. The lowest BCUT2D eigenvalue weighted by Gasteiger charge is -2.33. The van der Waals surface area contributed by atoms with Crippen molar-refractivity contribution in [2.75, 3.05) is 40.9 Å². The van der Waals surface area contributed by atoms with Crippen LogP contribution >= 0.6 is 7.82 Å². The van der Waals surface area contributed by atoms with E-state index in [1.54, 1.807) is 21.1 Å². The number of ether oxygens (including phenoxy) is 1. The molecule has 0 aliphatic rings. The van der Waals surface area contributed by atoms with Crippen molar-refractivity contribution < 1.29 is 32.9 Å². The maximum Gasteiger partial charge on any atom is 0.469 e. The van der Waals surface area contributed by atoms with Crippen LogP contribution in [0.5, 0.6) is 0 Å². The molecule has 0 aromatic rings. The third kappa shape index (κ3) is 9.77. The van der Waals surface area contributed by atoms with Gasteiger partial charge in [-0.3, -0.25) is 9.32 Å². The second kappa shape index (κ2) is 7.74. The first-order chi connectivity index (χ1) is 8.56. The molecule has 112 valence electrons. The molecule has 1 amide bonds. The van der Waals surface area contributed by atoms with E-state index in [9.17, 15) is 9.36 Å². The number of hydrogen-bond acceptors (Lipinski definition) is 4. The average molecular weight is 297 g/mol. The molecule has 9 heteroatoms. The third-order valence-corrected chi connectivity index (χ3v) is 2.63. The van der Waals surface area contributed by atoms with Crippen LogP contribution in [0, 0.1) is 0 Å². The second-order valence-corrected chi connectivity index (χ2v) is 5.96. The summed E-state index contributed by atoms with van der Waals surface area (Å²) in [4.78, 5) is 28.2. The molecule has 3 N–H and O–H groups in total. The lowest BCUT2D eigenvalue weighted by atomic mass is 10.4. The number of phosphoric ester groups is 1. The molecule has 1 atom stereocenters. The number of rotatable bonds is 9. The van der Waals surface area contributed by atoms with Crippen molar-refractivity contribution in [1.29, 1.82) is 0 Å². The number of quaternary nitrogens is 1. The lowest BCUT2D eigenvalue weighted by Crippen LogP contribution is -2.50. The molecule has 0 bridgehead atoms. The van der Waals surface area contributed by atoms with Crippen LogP contribution in [0.15, 0.2) is 12.7 Å². The number of hydrogen-bond donors (Lipinski definition) is 3. The van der Waals surface area contributed by atoms with Crippen molar-refractivity contribution in [2.24, 2.45) is 0 Å². The molecule has 0 aliphatic carbocycles. The molecule has 8 nitrogen and oxygen atoms in total. The van der Waals surface area contributed by atoms with E-state index in [1.807, 2.05) is 0 Å². The van der Waals surface area contributed by atoms with Gasteiger partial charge in [0, 0.05) is 6.54 Å². The zero-order valence-electron chi connectivity index (χ0n) is 11.4. The molecule has 0 rings (SSSR count). The van der Waals surface area contributed by atoms with Crippen LogP contribution in [-0.2, 0) is 18.6 Å². The summed E-state index contributed by atoms with van der Waals surface area (Å²) in [5.74, 6) is -0.308. The second-order valence-electron chi connectivity index (χ2n) is 4.72. The Hall–Kier alpha value is -0.760. The van der Waals surface area contributed by atoms with Gasteiger partial charge in [-0.05, 0) is 6.08 Å². The van der Waals surface area contributed by atoms with Crippen LogP contribution in [0.3, 0.4) is 0 Å². The van der Waals surface area contributed by atoms with Crippen molar-refractivity contribution in [2.45, 2.75) is 6.23 Å². The Bertz CT molecular complexity index is 348. The maximum absolute atomic E-state index is 10.9. The Morgan fingerprint density at radius 3 is 2.47 bits per heavy atom. The van der Waals surface area contributed by atoms with Crippen molar-refractivity contribution >= 4 is 13.7 Å². The van der Waals surface area contributed by atoms with Gasteiger partial charge in [0.05, 0.1) is 27.7 Å². The average Bonchev–Trinajstić information content (AvgIpc) is 2.24. The minimum Gasteiger partial charge on any atom is -0.350 e. The van der Waals surface area contributed by atoms with Crippen LogP contribution in [0.1, 0.15) is 0 Å². The van der Waals surface area contributed by atoms with Gasteiger partial charge in [0.1, 0.15) is 6.61 Å². The van der Waals surface area contributed by atoms with E-state index in [4.69, 9.17) is 14.5 Å². The van der Waals surface area contributed by atoms with Gasteiger partial charge in [0.15, 0.2) is 0 Å². The number of nitrogens with one attached hydrogen (secondary N) is 1. The van der Waals surface area contributed by atoms with Crippen LogP contribution in [0.25, 0.3) is 0 Å². The van der Waals surface area contributed by atoms with E-state index >= 15 is 0 Å². The standard InChI is InChI=1S/C10H21N2O6P/c1-5-9(13)11-6-7-17-10(12(2,3)4)8-18-19(14,15)16/h5,10H,1,6-8H2,2-4H3,(H2-,11,13,14,15,16)/p+1. The smallest absolute Gasteiger partial charge is 0.350 e. The predicted molar refractivity (Wildman–Crippen MR) is 69.0 cm³/mol. The molecule has 19 heavy (non-hydrogen) atoms. The van der Waals surface area contributed by atoms with Gasteiger partial charge in [-0.1, -0.05) is 6.58 Å². The van der Waals surface area contributed by atoms with E-state index in [0.29, 0.717) is 4.48 Å². The number of amides is 1. The highest BCUT2D eigenvalue weighted by Crippen LogP contribution is 2.36. The molecule has 0 heterocycles. The normalized spacial score (nSPS) is 13.9. The molecular weight excluding hydrogens is 275 g/mol. The summed E-state index contributed by atoms with van der Waals surface area (Å²) in [6.07, 6.45) is 0.585. The molecule has 0 aromatic carbocycles. The number of nitrogens with zero attached hydrogens (tertiary/aromatic N) is 1. The first kappa shape index (κ1) is 18.2. The first-order valence-corrected chi connectivity index (χ1v) is 7.12. The molecule has 0 radical (unpaired) electrons. The topological polar surface area (TPSA) is 105 Å². The number of carbonyl (C=O) groups excluding carboxylic acids is 1. The van der Waals surface area contributed by atoms with Gasteiger partial charge >= 0.3 is 7.82 Å². The van der Waals surface area contributed by atoms with Gasteiger partial charge < -0.3 is 24.3 Å². The number of carbonyl (C=O) groups is 1. The minimum atomic E-state index is -4.52. The number of phosphoric acid groups is 1. The van der Waals surface area contributed by atoms with E-state index in [0.717, 1.165) is 6.08 Å². The summed E-state index contributed by atoms with van der Waals surface area (Å²) in [6.45, 7) is 3.53. The van der Waals surface area contributed by atoms with Crippen molar-refractivity contribution in [3.63, 3.8) is 0 Å². The molecule has 0 spiro atoms. The zero-order valence-corrected chi connectivity index (χ0v) is 12.3. The fraction of sp³-hybridized carbons (Fsp3) is 0.700. The SMILES string of the molecule is C=CC(=O)NCCOC(COP(=O)(O)O)[N+](C)(C)C. The molecule has 0 aliphatic heterocycles. The summed E-state index contributed by atoms with van der Waals surface area (Å²) >= 11 is 0. The minimum absolute atomic E-state index is 0.199. The Kier molecular flexibility index (Phi) is 7.43. The summed E-state index contributed by atoms with van der Waals surface area (Å²) in [7, 11) is 0.883.